The van der Waals surface area contributed by atoms with Gasteiger partial charge in [-0.15, -0.1) is 0 Å². The zero-order valence-corrected chi connectivity index (χ0v) is 9.93. The molecule has 1 atom stereocenters. The summed E-state index contributed by atoms with van der Waals surface area (Å²) in [7, 11) is 2.71. The average Bonchev–Trinajstić information content (AvgIpc) is 2.29. The lowest BCUT2D eigenvalue weighted by Gasteiger charge is -2.15. The Labute approximate surface area is 98.3 Å². The molecule has 3 nitrogen and oxygen atoms in total. The van der Waals surface area contributed by atoms with Gasteiger partial charge in [-0.05, 0) is 6.92 Å². The normalized spacial score (nSPS) is 11.8. The van der Waals surface area contributed by atoms with Crippen LogP contribution in [0.15, 0.2) is 6.07 Å². The molecule has 16 heavy (non-hydrogen) atoms. The third-order valence-electron chi connectivity index (χ3n) is 2.22. The van der Waals surface area contributed by atoms with E-state index in [4.69, 9.17) is 26.3 Å². The maximum Gasteiger partial charge on any atom is 0.173 e. The standard InChI is InChI=1S/C11H11ClFNO2/c1-6(5-14)9-10(13)8(15-2)4-7(12)11(9)16-3/h4,6H,1-3H3. The molecule has 0 spiro atoms. The Hall–Kier alpha value is -1.47. The highest BCUT2D eigenvalue weighted by atomic mass is 35.5. The molecule has 0 aromatic heterocycles. The second-order valence-corrected chi connectivity index (χ2v) is 3.58. The van der Waals surface area contributed by atoms with Crippen molar-refractivity contribution in [3.8, 4) is 17.6 Å². The Morgan fingerprint density at radius 1 is 1.44 bits per heavy atom. The Balaban J connectivity index is 3.53. The van der Waals surface area contributed by atoms with E-state index in [1.165, 1.54) is 20.3 Å². The van der Waals surface area contributed by atoms with Crippen molar-refractivity contribution in [2.24, 2.45) is 0 Å². The molecule has 1 rings (SSSR count). The number of rotatable bonds is 3. The molecular formula is C11H11ClFNO2. The second kappa shape index (κ2) is 5.04. The van der Waals surface area contributed by atoms with Crippen molar-refractivity contribution >= 4 is 11.6 Å². The number of benzene rings is 1. The molecule has 1 aromatic rings. The molecule has 1 aromatic carbocycles. The van der Waals surface area contributed by atoms with E-state index in [2.05, 4.69) is 0 Å². The van der Waals surface area contributed by atoms with Gasteiger partial charge in [-0.2, -0.15) is 5.26 Å². The summed E-state index contributed by atoms with van der Waals surface area (Å²) >= 11 is 5.91. The zero-order valence-electron chi connectivity index (χ0n) is 9.17. The summed E-state index contributed by atoms with van der Waals surface area (Å²) < 4.78 is 23.8. The van der Waals surface area contributed by atoms with Crippen LogP contribution in [0.1, 0.15) is 18.4 Å². The minimum absolute atomic E-state index is 0.00269. The molecule has 86 valence electrons. The Bertz CT molecular complexity index is 443. The highest BCUT2D eigenvalue weighted by Crippen LogP contribution is 2.40. The maximum absolute atomic E-state index is 13.9. The summed E-state index contributed by atoms with van der Waals surface area (Å²) in [6, 6.07) is 3.26. The van der Waals surface area contributed by atoms with Gasteiger partial charge in [0.15, 0.2) is 11.6 Å². The van der Waals surface area contributed by atoms with Gasteiger partial charge in [-0.3, -0.25) is 0 Å². The van der Waals surface area contributed by atoms with Gasteiger partial charge >= 0.3 is 0 Å². The van der Waals surface area contributed by atoms with E-state index < -0.39 is 11.7 Å². The largest absolute Gasteiger partial charge is 0.495 e. The van der Waals surface area contributed by atoms with Crippen molar-refractivity contribution in [2.45, 2.75) is 12.8 Å². The van der Waals surface area contributed by atoms with Gasteiger partial charge in [0.05, 0.1) is 36.8 Å². The molecule has 0 aliphatic heterocycles. The van der Waals surface area contributed by atoms with Gasteiger partial charge in [-0.25, -0.2) is 4.39 Å². The molecule has 0 heterocycles. The van der Waals surface area contributed by atoms with E-state index in [0.29, 0.717) is 0 Å². The fourth-order valence-electron chi connectivity index (χ4n) is 1.41. The van der Waals surface area contributed by atoms with E-state index in [9.17, 15) is 4.39 Å². The number of nitrogens with zero attached hydrogens (tertiary/aromatic N) is 1. The van der Waals surface area contributed by atoms with Crippen LogP contribution in [-0.4, -0.2) is 14.2 Å². The number of methoxy groups -OCH3 is 2. The predicted molar refractivity (Wildman–Crippen MR) is 58.5 cm³/mol. The van der Waals surface area contributed by atoms with Crippen LogP contribution in [0.3, 0.4) is 0 Å². The summed E-state index contributed by atoms with van der Waals surface area (Å²) in [5.74, 6) is -1.10. The smallest absolute Gasteiger partial charge is 0.173 e. The maximum atomic E-state index is 13.9. The SMILES string of the molecule is COc1cc(Cl)c(OC)c(C(C)C#N)c1F. The predicted octanol–water partition coefficient (Wildman–Crippen LogP) is 3.12. The third-order valence-corrected chi connectivity index (χ3v) is 2.50. The molecule has 0 N–H and O–H groups in total. The highest BCUT2D eigenvalue weighted by Gasteiger charge is 2.23. The minimum atomic E-state index is -0.664. The molecule has 0 saturated carbocycles. The van der Waals surface area contributed by atoms with E-state index in [0.717, 1.165) is 0 Å². The summed E-state index contributed by atoms with van der Waals surface area (Å²) in [6.45, 7) is 1.57. The molecule has 0 amide bonds. The lowest BCUT2D eigenvalue weighted by Crippen LogP contribution is -2.02. The van der Waals surface area contributed by atoms with Crippen molar-refractivity contribution in [1.29, 1.82) is 5.26 Å². The zero-order chi connectivity index (χ0) is 12.3. The van der Waals surface area contributed by atoms with Crippen LogP contribution in [0.4, 0.5) is 4.39 Å². The molecule has 1 unspecified atom stereocenters. The van der Waals surface area contributed by atoms with Crippen LogP contribution in [0, 0.1) is 17.1 Å². The van der Waals surface area contributed by atoms with Gasteiger partial charge < -0.3 is 9.47 Å². The van der Waals surface area contributed by atoms with Crippen molar-refractivity contribution < 1.29 is 13.9 Å². The summed E-state index contributed by atoms with van der Waals surface area (Å²) in [5.41, 5.74) is 0.120. The summed E-state index contributed by atoms with van der Waals surface area (Å²) in [4.78, 5) is 0. The molecule has 0 aliphatic carbocycles. The monoisotopic (exact) mass is 243 g/mol. The van der Waals surface area contributed by atoms with Crippen molar-refractivity contribution in [2.75, 3.05) is 14.2 Å². The summed E-state index contributed by atoms with van der Waals surface area (Å²) in [5, 5.41) is 9.05. The quantitative estimate of drug-likeness (QED) is 0.819. The molecule has 0 fully saturated rings. The fraction of sp³-hybridized carbons (Fsp3) is 0.364. The highest BCUT2D eigenvalue weighted by molar-refractivity contribution is 6.32. The van der Waals surface area contributed by atoms with Crippen molar-refractivity contribution in [3.63, 3.8) is 0 Å². The van der Waals surface area contributed by atoms with Crippen LogP contribution in [0.2, 0.25) is 5.02 Å². The second-order valence-electron chi connectivity index (χ2n) is 3.17. The van der Waals surface area contributed by atoms with Crippen LogP contribution < -0.4 is 9.47 Å². The first kappa shape index (κ1) is 12.6. The van der Waals surface area contributed by atoms with Crippen LogP contribution in [-0.2, 0) is 0 Å². The lowest BCUT2D eigenvalue weighted by molar-refractivity contribution is 0.371. The minimum Gasteiger partial charge on any atom is -0.495 e. The third kappa shape index (κ3) is 2.05. The van der Waals surface area contributed by atoms with Gasteiger partial charge in [0.2, 0.25) is 0 Å². The molecular weight excluding hydrogens is 233 g/mol. The Morgan fingerprint density at radius 3 is 2.50 bits per heavy atom. The summed E-state index contributed by atoms with van der Waals surface area (Å²) in [6.07, 6.45) is 0. The number of halogens is 2. The van der Waals surface area contributed by atoms with Crippen LogP contribution in [0.25, 0.3) is 0 Å². The van der Waals surface area contributed by atoms with E-state index in [1.807, 2.05) is 6.07 Å². The topological polar surface area (TPSA) is 42.2 Å². The van der Waals surface area contributed by atoms with Gasteiger partial charge in [-0.1, -0.05) is 11.6 Å². The molecule has 0 saturated heterocycles. The van der Waals surface area contributed by atoms with E-state index in [-0.39, 0.29) is 22.1 Å². The van der Waals surface area contributed by atoms with Crippen LogP contribution in [0.5, 0.6) is 11.5 Å². The van der Waals surface area contributed by atoms with Gasteiger partial charge in [0.1, 0.15) is 5.75 Å². The number of ether oxygens (including phenoxy) is 2. The number of nitriles is 1. The van der Waals surface area contributed by atoms with E-state index in [1.54, 1.807) is 6.92 Å². The first-order valence-electron chi connectivity index (χ1n) is 4.56. The molecule has 0 radical (unpaired) electrons. The first-order valence-corrected chi connectivity index (χ1v) is 4.94. The van der Waals surface area contributed by atoms with Gasteiger partial charge in [0, 0.05) is 6.07 Å². The number of hydrogen-bond donors (Lipinski definition) is 0. The Kier molecular flexibility index (Phi) is 3.97. The lowest BCUT2D eigenvalue weighted by atomic mass is 10.0. The molecule has 5 heteroatoms. The Morgan fingerprint density at radius 2 is 2.06 bits per heavy atom. The average molecular weight is 244 g/mol. The van der Waals surface area contributed by atoms with Crippen molar-refractivity contribution in [1.82, 2.24) is 0 Å². The van der Waals surface area contributed by atoms with Gasteiger partial charge in [0.25, 0.3) is 0 Å². The van der Waals surface area contributed by atoms with Crippen molar-refractivity contribution in [3.05, 3.63) is 22.5 Å². The van der Waals surface area contributed by atoms with E-state index >= 15 is 0 Å². The first-order chi connectivity index (χ1) is 7.56. The van der Waals surface area contributed by atoms with Crippen LogP contribution >= 0.6 is 11.6 Å². The fourth-order valence-corrected chi connectivity index (χ4v) is 1.69. The molecule has 0 aliphatic rings. The molecule has 0 bridgehead atoms. The number of hydrogen-bond acceptors (Lipinski definition) is 3.